The summed E-state index contributed by atoms with van der Waals surface area (Å²) in [6, 6.07) is 0. The molecule has 0 bridgehead atoms. The zero-order chi connectivity index (χ0) is 6.57. The van der Waals surface area contributed by atoms with Crippen LogP contribution in [0.1, 0.15) is 0 Å². The van der Waals surface area contributed by atoms with Gasteiger partial charge < -0.3 is 10.4 Å². The fourth-order valence-corrected chi connectivity index (χ4v) is 0.313. The van der Waals surface area contributed by atoms with Crippen molar-refractivity contribution >= 4 is 18.5 Å². The molecule has 8 heavy (non-hydrogen) atoms. The highest BCUT2D eigenvalue weighted by molar-refractivity contribution is 7.80. The number of amides is 1. The fourth-order valence-electron chi connectivity index (χ4n) is 0.186. The van der Waals surface area contributed by atoms with E-state index in [1.165, 1.54) is 0 Å². The molecule has 3 nitrogen and oxygen atoms in total. The third-order valence-electron chi connectivity index (χ3n) is 0.457. The van der Waals surface area contributed by atoms with Gasteiger partial charge in [-0.05, 0) is 6.08 Å². The van der Waals surface area contributed by atoms with Crippen molar-refractivity contribution in [1.82, 2.24) is 5.32 Å². The van der Waals surface area contributed by atoms with Gasteiger partial charge in [0.1, 0.15) is 0 Å². The summed E-state index contributed by atoms with van der Waals surface area (Å²) in [7, 11) is 0. The zero-order valence-electron chi connectivity index (χ0n) is 4.16. The Kier molecular flexibility index (Phi) is 3.30. The molecule has 0 aromatic carbocycles. The summed E-state index contributed by atoms with van der Waals surface area (Å²) in [6.07, 6.45) is 1.05. The molecule has 0 aromatic rings. The van der Waals surface area contributed by atoms with Gasteiger partial charge in [0, 0.05) is 0 Å². The van der Waals surface area contributed by atoms with Crippen LogP contribution in [0.15, 0.2) is 12.7 Å². The molecule has 0 saturated heterocycles. The highest BCUT2D eigenvalue weighted by Crippen LogP contribution is 1.80. The summed E-state index contributed by atoms with van der Waals surface area (Å²) in [6.45, 7) is 3.16. The number of carbonyl (C=O) groups is 1. The number of hydrogen-bond donors (Lipinski definition) is 3. The van der Waals surface area contributed by atoms with Crippen LogP contribution < -0.4 is 5.32 Å². The van der Waals surface area contributed by atoms with Gasteiger partial charge in [-0.1, -0.05) is 6.58 Å². The molecule has 0 saturated carbocycles. The molecule has 0 fully saturated rings. The van der Waals surface area contributed by atoms with E-state index in [-0.39, 0.29) is 0 Å². The number of rotatable bonds is 2. The largest absolute Gasteiger partial charge is 0.365 e. The van der Waals surface area contributed by atoms with Crippen LogP contribution in [0, 0.1) is 0 Å². The number of thiol groups is 1. The van der Waals surface area contributed by atoms with Crippen LogP contribution in [0.4, 0.5) is 0 Å². The number of aliphatic hydroxyl groups is 1. The Morgan fingerprint density at radius 3 is 2.62 bits per heavy atom. The molecule has 46 valence electrons. The van der Waals surface area contributed by atoms with Crippen LogP contribution in [-0.4, -0.2) is 16.6 Å². The molecule has 0 aliphatic heterocycles. The van der Waals surface area contributed by atoms with Crippen molar-refractivity contribution in [2.45, 2.75) is 5.56 Å². The lowest BCUT2D eigenvalue weighted by molar-refractivity contribution is -0.117. The van der Waals surface area contributed by atoms with E-state index in [2.05, 4.69) is 24.5 Å². The van der Waals surface area contributed by atoms with Gasteiger partial charge in [0.15, 0.2) is 5.56 Å². The molecule has 0 spiro atoms. The Bertz CT molecular complexity index is 102. The van der Waals surface area contributed by atoms with E-state index in [9.17, 15) is 4.79 Å². The summed E-state index contributed by atoms with van der Waals surface area (Å²) in [5, 5.41) is 10.4. The molecular weight excluding hydrogens is 126 g/mol. The average molecular weight is 133 g/mol. The molecule has 0 rings (SSSR count). The van der Waals surface area contributed by atoms with E-state index >= 15 is 0 Å². The molecule has 0 radical (unpaired) electrons. The molecule has 1 atom stereocenters. The molecule has 0 aliphatic carbocycles. The first-order valence-electron chi connectivity index (χ1n) is 1.96. The Morgan fingerprint density at radius 1 is 2.00 bits per heavy atom. The first kappa shape index (κ1) is 7.52. The molecule has 1 unspecified atom stereocenters. The second kappa shape index (κ2) is 3.51. The summed E-state index contributed by atoms with van der Waals surface area (Å²) in [4.78, 5) is 10.2. The molecule has 0 aliphatic rings. The highest BCUT2D eigenvalue weighted by atomic mass is 32.1. The predicted octanol–water partition coefficient (Wildman–Crippen LogP) is -0.506. The van der Waals surface area contributed by atoms with Crippen molar-refractivity contribution in [3.8, 4) is 0 Å². The van der Waals surface area contributed by atoms with Gasteiger partial charge in [-0.3, -0.25) is 4.79 Å². The maximum atomic E-state index is 10.2. The third-order valence-corrected chi connectivity index (χ3v) is 0.586. The second-order valence-electron chi connectivity index (χ2n) is 1.09. The smallest absolute Gasteiger partial charge is 0.246 e. The number of hydrogen-bond acceptors (Lipinski definition) is 3. The molecule has 0 aromatic heterocycles. The Labute approximate surface area is 52.8 Å². The van der Waals surface area contributed by atoms with Crippen molar-refractivity contribution in [1.29, 1.82) is 0 Å². The van der Waals surface area contributed by atoms with Crippen LogP contribution in [-0.2, 0) is 4.79 Å². The normalized spacial score (nSPS) is 12.2. The maximum Gasteiger partial charge on any atom is 0.246 e. The molecule has 2 N–H and O–H groups in total. The molecule has 0 heterocycles. The molecule has 4 heteroatoms. The Balaban J connectivity index is 3.39. The van der Waals surface area contributed by atoms with Crippen LogP contribution in [0.2, 0.25) is 0 Å². The van der Waals surface area contributed by atoms with Gasteiger partial charge in [-0.2, -0.15) is 0 Å². The number of nitrogens with one attached hydrogen (secondary N) is 1. The molecular formula is C4H7NO2S. The molecule has 1 amide bonds. The van der Waals surface area contributed by atoms with E-state index in [0.717, 1.165) is 6.08 Å². The van der Waals surface area contributed by atoms with Gasteiger partial charge in [0.2, 0.25) is 5.91 Å². The van der Waals surface area contributed by atoms with Gasteiger partial charge >= 0.3 is 0 Å². The monoisotopic (exact) mass is 133 g/mol. The lowest BCUT2D eigenvalue weighted by Gasteiger charge is -2.00. The minimum atomic E-state index is -1.10. The van der Waals surface area contributed by atoms with E-state index in [1.807, 2.05) is 0 Å². The van der Waals surface area contributed by atoms with Crippen molar-refractivity contribution in [2.75, 3.05) is 0 Å². The van der Waals surface area contributed by atoms with Crippen molar-refractivity contribution in [3.63, 3.8) is 0 Å². The van der Waals surface area contributed by atoms with E-state index < -0.39 is 11.5 Å². The van der Waals surface area contributed by atoms with Gasteiger partial charge in [0.25, 0.3) is 0 Å². The Morgan fingerprint density at radius 2 is 2.50 bits per heavy atom. The van der Waals surface area contributed by atoms with Gasteiger partial charge in [-0.25, -0.2) is 0 Å². The first-order valence-corrected chi connectivity index (χ1v) is 2.47. The lowest BCUT2D eigenvalue weighted by atomic mass is 10.6. The number of carbonyl (C=O) groups excluding carboxylic acids is 1. The summed E-state index contributed by atoms with van der Waals surface area (Å²) < 4.78 is 0. The summed E-state index contributed by atoms with van der Waals surface area (Å²) >= 11 is 3.47. The maximum absolute atomic E-state index is 10.2. The van der Waals surface area contributed by atoms with Crippen molar-refractivity contribution < 1.29 is 9.90 Å². The number of aliphatic hydroxyl groups excluding tert-OH is 1. The first-order chi connectivity index (χ1) is 3.66. The van der Waals surface area contributed by atoms with E-state index in [1.54, 1.807) is 0 Å². The summed E-state index contributed by atoms with van der Waals surface area (Å²) in [5.74, 6) is -0.437. The summed E-state index contributed by atoms with van der Waals surface area (Å²) in [5.41, 5.74) is -1.10. The Hall–Kier alpha value is -0.480. The van der Waals surface area contributed by atoms with Crippen molar-refractivity contribution in [3.05, 3.63) is 12.7 Å². The van der Waals surface area contributed by atoms with Gasteiger partial charge in [0.05, 0.1) is 0 Å². The van der Waals surface area contributed by atoms with Gasteiger partial charge in [-0.15, -0.1) is 12.6 Å². The lowest BCUT2D eigenvalue weighted by Crippen LogP contribution is -2.28. The minimum absolute atomic E-state index is 0.437. The van der Waals surface area contributed by atoms with Crippen LogP contribution in [0.25, 0.3) is 0 Å². The standard InChI is InChI=1S/C4H7NO2S/c1-2-3(6)5-4(7)8/h2,4,7-8H,1H2,(H,5,6). The van der Waals surface area contributed by atoms with Crippen LogP contribution in [0.3, 0.4) is 0 Å². The quantitative estimate of drug-likeness (QED) is 0.270. The predicted molar refractivity (Wildman–Crippen MR) is 33.3 cm³/mol. The van der Waals surface area contributed by atoms with Crippen LogP contribution >= 0.6 is 12.6 Å². The SMILES string of the molecule is C=CC(=O)NC(O)S. The second-order valence-corrected chi connectivity index (χ2v) is 1.58. The topological polar surface area (TPSA) is 49.3 Å². The zero-order valence-corrected chi connectivity index (χ0v) is 5.06. The van der Waals surface area contributed by atoms with E-state index in [0.29, 0.717) is 0 Å². The van der Waals surface area contributed by atoms with Crippen LogP contribution in [0.5, 0.6) is 0 Å². The van der Waals surface area contributed by atoms with E-state index in [4.69, 9.17) is 5.11 Å². The average Bonchev–Trinajstić information content (AvgIpc) is 1.65. The fraction of sp³-hybridized carbons (Fsp3) is 0.250. The van der Waals surface area contributed by atoms with Crippen molar-refractivity contribution in [2.24, 2.45) is 0 Å². The third kappa shape index (κ3) is 3.70. The minimum Gasteiger partial charge on any atom is -0.365 e. The highest BCUT2D eigenvalue weighted by Gasteiger charge is 1.95.